The average Bonchev–Trinajstić information content (AvgIpc) is 2.94. The molecule has 0 aromatic heterocycles. The lowest BCUT2D eigenvalue weighted by Gasteiger charge is -2.15. The first kappa shape index (κ1) is 20.0. The van der Waals surface area contributed by atoms with E-state index in [0.29, 0.717) is 9.23 Å². The maximum absolute atomic E-state index is 12.6. The fourth-order valence-corrected chi connectivity index (χ4v) is 3.89. The fourth-order valence-electron chi connectivity index (χ4n) is 2.68. The van der Waals surface area contributed by atoms with Gasteiger partial charge in [0.1, 0.15) is 10.9 Å². The lowest BCUT2D eigenvalue weighted by molar-refractivity contribution is -0.126. The van der Waals surface area contributed by atoms with Gasteiger partial charge >= 0.3 is 0 Å². The number of anilines is 1. The zero-order valence-electron chi connectivity index (χ0n) is 15.6. The van der Waals surface area contributed by atoms with E-state index in [4.69, 9.17) is 12.2 Å². The molecule has 0 atom stereocenters. The minimum absolute atomic E-state index is 0.0994. The molecular weight excluding hydrogens is 388 g/mol. The molecule has 28 heavy (non-hydrogen) atoms. The molecule has 1 saturated heterocycles. The van der Waals surface area contributed by atoms with Crippen LogP contribution in [-0.2, 0) is 9.59 Å². The van der Waals surface area contributed by atoms with Gasteiger partial charge in [0.2, 0.25) is 5.91 Å². The Hall–Kier alpha value is -2.70. The first-order valence-corrected chi connectivity index (χ1v) is 10.0. The van der Waals surface area contributed by atoms with Crippen LogP contribution in [0, 0.1) is 13.8 Å². The van der Waals surface area contributed by atoms with Gasteiger partial charge in [-0.1, -0.05) is 78.6 Å². The van der Waals surface area contributed by atoms with Gasteiger partial charge in [0.25, 0.3) is 5.91 Å². The fraction of sp³-hybridized carbons (Fsp3) is 0.136. The number of nitrogens with one attached hydrogen (secondary N) is 1. The predicted molar refractivity (Wildman–Crippen MR) is 120 cm³/mol. The summed E-state index contributed by atoms with van der Waals surface area (Å²) in [6, 6.07) is 15.5. The summed E-state index contributed by atoms with van der Waals surface area (Å²) in [4.78, 5) is 26.9. The van der Waals surface area contributed by atoms with Crippen LogP contribution in [-0.4, -0.2) is 27.6 Å². The molecule has 1 aliphatic rings. The van der Waals surface area contributed by atoms with Crippen LogP contribution in [0.1, 0.15) is 16.7 Å². The van der Waals surface area contributed by atoms with Gasteiger partial charge in [-0.3, -0.25) is 14.5 Å². The monoisotopic (exact) mass is 408 g/mol. The quantitative estimate of drug-likeness (QED) is 0.576. The highest BCUT2D eigenvalue weighted by Crippen LogP contribution is 2.31. The van der Waals surface area contributed by atoms with Gasteiger partial charge in [0, 0.05) is 5.69 Å². The zero-order chi connectivity index (χ0) is 20.1. The normalized spacial score (nSPS) is 15.6. The molecule has 1 N–H and O–H groups in total. The van der Waals surface area contributed by atoms with E-state index in [9.17, 15) is 9.59 Å². The van der Waals surface area contributed by atoms with Crippen molar-refractivity contribution in [3.05, 3.63) is 82.3 Å². The minimum Gasteiger partial charge on any atom is -0.324 e. The van der Waals surface area contributed by atoms with Crippen molar-refractivity contribution in [1.29, 1.82) is 0 Å². The highest BCUT2D eigenvalue weighted by atomic mass is 32.2. The highest BCUT2D eigenvalue weighted by molar-refractivity contribution is 8.26. The smallest absolute Gasteiger partial charge is 0.266 e. The van der Waals surface area contributed by atoms with Gasteiger partial charge in [-0.25, -0.2) is 0 Å². The van der Waals surface area contributed by atoms with Crippen molar-refractivity contribution >= 4 is 51.9 Å². The molecule has 1 fully saturated rings. The van der Waals surface area contributed by atoms with Crippen molar-refractivity contribution in [3.63, 3.8) is 0 Å². The Bertz CT molecular complexity index is 981. The molecule has 0 bridgehead atoms. The lowest BCUT2D eigenvalue weighted by Crippen LogP contribution is -2.36. The number of nitrogens with zero attached hydrogens (tertiary/aromatic N) is 1. The Morgan fingerprint density at radius 2 is 1.89 bits per heavy atom. The molecule has 2 aromatic rings. The summed E-state index contributed by atoms with van der Waals surface area (Å²) < 4.78 is 0.389. The Morgan fingerprint density at radius 3 is 2.64 bits per heavy atom. The SMILES string of the molecule is Cc1cccc(NC(=O)CN2C(=O)/C(=C\C=C\c3ccccc3)SC2=S)c1C. The number of thioether (sulfide) groups is 1. The molecule has 1 heterocycles. The van der Waals surface area contributed by atoms with Crippen LogP contribution < -0.4 is 5.32 Å². The Balaban J connectivity index is 1.65. The third-order valence-corrected chi connectivity index (χ3v) is 5.79. The van der Waals surface area contributed by atoms with E-state index in [2.05, 4.69) is 5.32 Å². The van der Waals surface area contributed by atoms with E-state index in [1.807, 2.05) is 74.5 Å². The van der Waals surface area contributed by atoms with E-state index in [1.165, 1.54) is 16.7 Å². The van der Waals surface area contributed by atoms with Crippen LogP contribution in [0.25, 0.3) is 6.08 Å². The number of hydrogen-bond donors (Lipinski definition) is 1. The van der Waals surface area contributed by atoms with Crippen LogP contribution in [0.5, 0.6) is 0 Å². The third kappa shape index (κ3) is 4.77. The standard InChI is InChI=1S/C22H20N2O2S2/c1-15-8-6-12-18(16(15)2)23-20(25)14-24-21(26)19(28-22(24)27)13-7-11-17-9-4-3-5-10-17/h3-13H,14H2,1-2H3,(H,23,25)/b11-7+,19-13+. The number of rotatable bonds is 5. The van der Waals surface area contributed by atoms with Crippen LogP contribution in [0.4, 0.5) is 5.69 Å². The first-order valence-electron chi connectivity index (χ1n) is 8.79. The largest absolute Gasteiger partial charge is 0.324 e. The van der Waals surface area contributed by atoms with Gasteiger partial charge in [-0.15, -0.1) is 0 Å². The number of benzene rings is 2. The maximum atomic E-state index is 12.6. The molecule has 0 aliphatic carbocycles. The number of amides is 2. The van der Waals surface area contributed by atoms with E-state index >= 15 is 0 Å². The van der Waals surface area contributed by atoms with Gasteiger partial charge < -0.3 is 5.32 Å². The summed E-state index contributed by atoms with van der Waals surface area (Å²) in [6.07, 6.45) is 5.46. The Morgan fingerprint density at radius 1 is 1.14 bits per heavy atom. The van der Waals surface area contributed by atoms with E-state index in [0.717, 1.165) is 22.4 Å². The molecule has 2 aromatic carbocycles. The highest BCUT2D eigenvalue weighted by Gasteiger charge is 2.33. The molecule has 0 saturated carbocycles. The molecule has 4 nitrogen and oxygen atoms in total. The number of thiocarbonyl (C=S) groups is 1. The van der Waals surface area contributed by atoms with Crippen LogP contribution >= 0.6 is 24.0 Å². The second-order valence-corrected chi connectivity index (χ2v) is 8.03. The third-order valence-electron chi connectivity index (χ3n) is 4.39. The Labute approximate surface area is 174 Å². The molecule has 2 amide bonds. The molecule has 3 rings (SSSR count). The van der Waals surface area contributed by atoms with Crippen molar-refractivity contribution in [1.82, 2.24) is 4.90 Å². The van der Waals surface area contributed by atoms with Crippen molar-refractivity contribution in [3.8, 4) is 0 Å². The molecule has 0 unspecified atom stereocenters. The summed E-state index contributed by atoms with van der Waals surface area (Å²) in [6.45, 7) is 3.84. The van der Waals surface area contributed by atoms with Crippen LogP contribution in [0.2, 0.25) is 0 Å². The van der Waals surface area contributed by atoms with Gasteiger partial charge in [0.05, 0.1) is 4.91 Å². The van der Waals surface area contributed by atoms with Crippen molar-refractivity contribution in [2.24, 2.45) is 0 Å². The van der Waals surface area contributed by atoms with Crippen molar-refractivity contribution in [2.45, 2.75) is 13.8 Å². The summed E-state index contributed by atoms with van der Waals surface area (Å²) in [5.74, 6) is -0.519. The van der Waals surface area contributed by atoms with Gasteiger partial charge in [-0.05, 0) is 42.7 Å². The summed E-state index contributed by atoms with van der Waals surface area (Å²) in [7, 11) is 0. The molecule has 0 spiro atoms. The van der Waals surface area contributed by atoms with Crippen molar-refractivity contribution in [2.75, 3.05) is 11.9 Å². The number of hydrogen-bond acceptors (Lipinski definition) is 4. The molecule has 0 radical (unpaired) electrons. The van der Waals surface area contributed by atoms with Crippen LogP contribution in [0.15, 0.2) is 65.6 Å². The van der Waals surface area contributed by atoms with E-state index in [1.54, 1.807) is 6.08 Å². The number of aryl methyl sites for hydroxylation is 1. The number of allylic oxidation sites excluding steroid dienone is 2. The van der Waals surface area contributed by atoms with Gasteiger partial charge in [0.15, 0.2) is 0 Å². The Kier molecular flexibility index (Phi) is 6.44. The maximum Gasteiger partial charge on any atom is 0.266 e. The van der Waals surface area contributed by atoms with Crippen LogP contribution in [0.3, 0.4) is 0 Å². The molecule has 6 heteroatoms. The van der Waals surface area contributed by atoms with E-state index < -0.39 is 0 Å². The lowest BCUT2D eigenvalue weighted by atomic mass is 10.1. The topological polar surface area (TPSA) is 49.4 Å². The molecular formula is C22H20N2O2S2. The van der Waals surface area contributed by atoms with E-state index in [-0.39, 0.29) is 18.4 Å². The molecule has 142 valence electrons. The first-order chi connectivity index (χ1) is 13.5. The molecule has 1 aliphatic heterocycles. The average molecular weight is 409 g/mol. The van der Waals surface area contributed by atoms with Gasteiger partial charge in [-0.2, -0.15) is 0 Å². The summed E-state index contributed by atoms with van der Waals surface area (Å²) in [5, 5.41) is 2.86. The second-order valence-electron chi connectivity index (χ2n) is 6.36. The summed E-state index contributed by atoms with van der Waals surface area (Å²) >= 11 is 6.50. The minimum atomic E-state index is -0.272. The second kappa shape index (κ2) is 8.99. The van der Waals surface area contributed by atoms with Crippen molar-refractivity contribution < 1.29 is 9.59 Å². The predicted octanol–water partition coefficient (Wildman–Crippen LogP) is 4.70. The number of carbonyl (C=O) groups excluding carboxylic acids is 2. The zero-order valence-corrected chi connectivity index (χ0v) is 17.3. The summed E-state index contributed by atoms with van der Waals surface area (Å²) in [5.41, 5.74) is 3.89. The number of carbonyl (C=O) groups is 2.